The quantitative estimate of drug-likeness (QED) is 0.407. The standard InChI is InChI=1S/C10H21F3O5Si/c1-14-19(15-2,16-3)8-4-6-17-9-10(12,13)18-7-5-11/h4-9H2,1-3H3. The number of hydrogen-bond donors (Lipinski definition) is 0. The van der Waals surface area contributed by atoms with E-state index in [4.69, 9.17) is 18.0 Å². The molecule has 9 heteroatoms. The summed E-state index contributed by atoms with van der Waals surface area (Å²) in [7, 11) is 1.73. The number of rotatable bonds is 12. The van der Waals surface area contributed by atoms with E-state index >= 15 is 0 Å². The van der Waals surface area contributed by atoms with Crippen LogP contribution in [-0.4, -0.2) is 62.7 Å². The summed E-state index contributed by atoms with van der Waals surface area (Å²) in [5, 5.41) is 0. The molecule has 0 unspecified atom stereocenters. The highest BCUT2D eigenvalue weighted by Crippen LogP contribution is 2.17. The van der Waals surface area contributed by atoms with Gasteiger partial charge in [0.05, 0.1) is 6.61 Å². The van der Waals surface area contributed by atoms with E-state index in [-0.39, 0.29) is 6.61 Å². The van der Waals surface area contributed by atoms with Gasteiger partial charge in [0, 0.05) is 34.0 Å². The van der Waals surface area contributed by atoms with Gasteiger partial charge in [0.25, 0.3) is 0 Å². The second-order valence-electron chi connectivity index (χ2n) is 3.63. The molecule has 0 saturated carbocycles. The maximum absolute atomic E-state index is 12.9. The highest BCUT2D eigenvalue weighted by atomic mass is 28.4. The molecule has 0 aromatic heterocycles. The molecule has 0 aromatic rings. The van der Waals surface area contributed by atoms with Crippen molar-refractivity contribution in [3.63, 3.8) is 0 Å². The fraction of sp³-hybridized carbons (Fsp3) is 1.00. The van der Waals surface area contributed by atoms with Crippen molar-refractivity contribution in [3.8, 4) is 0 Å². The molecule has 0 aliphatic heterocycles. The van der Waals surface area contributed by atoms with Gasteiger partial charge in [-0.3, -0.25) is 0 Å². The molecule has 0 aliphatic carbocycles. The second-order valence-corrected chi connectivity index (χ2v) is 6.72. The van der Waals surface area contributed by atoms with Crippen LogP contribution in [0.2, 0.25) is 6.04 Å². The van der Waals surface area contributed by atoms with Crippen LogP contribution >= 0.6 is 0 Å². The summed E-state index contributed by atoms with van der Waals surface area (Å²) < 4.78 is 61.7. The average Bonchev–Trinajstić information content (AvgIpc) is 2.41. The molecule has 19 heavy (non-hydrogen) atoms. The van der Waals surface area contributed by atoms with Crippen molar-refractivity contribution >= 4 is 8.80 Å². The molecule has 0 radical (unpaired) electrons. The third-order valence-corrected chi connectivity index (χ3v) is 5.20. The molecule has 0 rings (SSSR count). The monoisotopic (exact) mass is 306 g/mol. The summed E-state index contributed by atoms with van der Waals surface area (Å²) in [6.45, 7) is -2.43. The number of alkyl halides is 3. The van der Waals surface area contributed by atoms with Crippen LogP contribution in [0.25, 0.3) is 0 Å². The summed E-state index contributed by atoms with van der Waals surface area (Å²) >= 11 is 0. The third kappa shape index (κ3) is 7.85. The van der Waals surface area contributed by atoms with Crippen LogP contribution in [0.4, 0.5) is 13.2 Å². The maximum Gasteiger partial charge on any atom is 0.500 e. The fourth-order valence-electron chi connectivity index (χ4n) is 1.37. The predicted octanol–water partition coefficient (Wildman–Crippen LogP) is 1.85. The van der Waals surface area contributed by atoms with E-state index in [0.29, 0.717) is 12.5 Å². The minimum absolute atomic E-state index is 0.0827. The van der Waals surface area contributed by atoms with Gasteiger partial charge in [-0.2, -0.15) is 8.78 Å². The largest absolute Gasteiger partial charge is 0.500 e. The van der Waals surface area contributed by atoms with Gasteiger partial charge in [-0.1, -0.05) is 0 Å². The SMILES string of the molecule is CO[Si](CCCOCC(F)(F)OCCF)(OC)OC. The molecule has 0 bridgehead atoms. The topological polar surface area (TPSA) is 46.2 Å². The van der Waals surface area contributed by atoms with Crippen LogP contribution in [-0.2, 0) is 22.8 Å². The van der Waals surface area contributed by atoms with Gasteiger partial charge in [0.1, 0.15) is 13.3 Å². The van der Waals surface area contributed by atoms with Crippen molar-refractivity contribution < 1.29 is 35.9 Å². The zero-order valence-electron chi connectivity index (χ0n) is 11.4. The number of ether oxygens (including phenoxy) is 2. The van der Waals surface area contributed by atoms with Crippen LogP contribution < -0.4 is 0 Å². The lowest BCUT2D eigenvalue weighted by Gasteiger charge is -2.24. The molecule has 5 nitrogen and oxygen atoms in total. The van der Waals surface area contributed by atoms with E-state index < -0.39 is 34.8 Å². The molecule has 0 aromatic carbocycles. The van der Waals surface area contributed by atoms with E-state index in [1.807, 2.05) is 0 Å². The zero-order valence-corrected chi connectivity index (χ0v) is 12.4. The molecule has 0 spiro atoms. The van der Waals surface area contributed by atoms with Gasteiger partial charge in [-0.15, -0.1) is 0 Å². The van der Waals surface area contributed by atoms with Crippen molar-refractivity contribution in [1.29, 1.82) is 0 Å². The van der Waals surface area contributed by atoms with Crippen LogP contribution in [0.3, 0.4) is 0 Å². The van der Waals surface area contributed by atoms with E-state index in [9.17, 15) is 13.2 Å². The average molecular weight is 306 g/mol. The zero-order chi connectivity index (χ0) is 14.8. The molecular formula is C10H21F3O5Si. The van der Waals surface area contributed by atoms with Gasteiger partial charge in [-0.25, -0.2) is 4.39 Å². The smallest absolute Gasteiger partial charge is 0.377 e. The maximum atomic E-state index is 12.9. The molecule has 0 saturated heterocycles. The van der Waals surface area contributed by atoms with Crippen LogP contribution in [0, 0.1) is 0 Å². The Bertz CT molecular complexity index is 221. The Kier molecular flexibility index (Phi) is 9.57. The Hall–Kier alpha value is -0.193. The van der Waals surface area contributed by atoms with Crippen molar-refractivity contribution in [2.24, 2.45) is 0 Å². The Balaban J connectivity index is 3.80. The lowest BCUT2D eigenvalue weighted by molar-refractivity contribution is -0.265. The van der Waals surface area contributed by atoms with Gasteiger partial charge in [-0.05, 0) is 6.42 Å². The summed E-state index contributed by atoms with van der Waals surface area (Å²) in [5.41, 5.74) is 0. The Labute approximate surface area is 112 Å². The molecular weight excluding hydrogens is 285 g/mol. The summed E-state index contributed by atoms with van der Waals surface area (Å²) in [6, 6.07) is 0.452. The van der Waals surface area contributed by atoms with E-state index in [1.165, 1.54) is 21.3 Å². The lowest BCUT2D eigenvalue weighted by atomic mass is 10.5. The Morgan fingerprint density at radius 3 is 2.05 bits per heavy atom. The minimum Gasteiger partial charge on any atom is -0.377 e. The third-order valence-electron chi connectivity index (χ3n) is 2.37. The fourth-order valence-corrected chi connectivity index (χ4v) is 3.06. The Morgan fingerprint density at radius 1 is 1.00 bits per heavy atom. The van der Waals surface area contributed by atoms with Crippen molar-refractivity contribution in [2.75, 3.05) is 47.8 Å². The predicted molar refractivity (Wildman–Crippen MR) is 63.9 cm³/mol. The van der Waals surface area contributed by atoms with Crippen LogP contribution in [0.5, 0.6) is 0 Å². The van der Waals surface area contributed by atoms with Crippen molar-refractivity contribution in [3.05, 3.63) is 0 Å². The first kappa shape index (κ1) is 18.8. The second kappa shape index (κ2) is 9.67. The highest BCUT2D eigenvalue weighted by Gasteiger charge is 2.37. The van der Waals surface area contributed by atoms with Crippen molar-refractivity contribution in [1.82, 2.24) is 0 Å². The van der Waals surface area contributed by atoms with E-state index in [1.54, 1.807) is 0 Å². The molecule has 0 fully saturated rings. The normalized spacial score (nSPS) is 12.9. The Morgan fingerprint density at radius 2 is 1.58 bits per heavy atom. The molecule has 0 aliphatic rings. The van der Waals surface area contributed by atoms with Gasteiger partial charge >= 0.3 is 14.9 Å². The molecule has 116 valence electrons. The minimum atomic E-state index is -3.47. The first-order valence-electron chi connectivity index (χ1n) is 5.76. The van der Waals surface area contributed by atoms with Crippen LogP contribution in [0.15, 0.2) is 0 Å². The number of hydrogen-bond acceptors (Lipinski definition) is 5. The van der Waals surface area contributed by atoms with Crippen molar-refractivity contribution in [2.45, 2.75) is 18.6 Å². The van der Waals surface area contributed by atoms with E-state index in [2.05, 4.69) is 4.74 Å². The number of halogens is 3. The summed E-state index contributed by atoms with van der Waals surface area (Å²) in [6.07, 6.45) is -3.02. The summed E-state index contributed by atoms with van der Waals surface area (Å²) in [5.74, 6) is 0. The van der Waals surface area contributed by atoms with E-state index in [0.717, 1.165) is 0 Å². The molecule has 0 heterocycles. The van der Waals surface area contributed by atoms with Gasteiger partial charge in [0.15, 0.2) is 0 Å². The first-order valence-corrected chi connectivity index (χ1v) is 7.69. The molecule has 0 atom stereocenters. The first-order chi connectivity index (χ1) is 8.95. The highest BCUT2D eigenvalue weighted by molar-refractivity contribution is 6.60. The molecule has 0 amide bonds. The van der Waals surface area contributed by atoms with Crippen LogP contribution in [0.1, 0.15) is 6.42 Å². The van der Waals surface area contributed by atoms with Gasteiger partial charge < -0.3 is 22.8 Å². The molecule has 0 N–H and O–H groups in total. The lowest BCUT2D eigenvalue weighted by Crippen LogP contribution is -2.42. The van der Waals surface area contributed by atoms with Gasteiger partial charge in [0.2, 0.25) is 0 Å². The summed E-state index contributed by atoms with van der Waals surface area (Å²) in [4.78, 5) is 0.